The first-order chi connectivity index (χ1) is 26.0. The predicted octanol–water partition coefficient (Wildman–Crippen LogP) is 10.1. The molecule has 3 atom stereocenters. The topological polar surface area (TPSA) is 41.3 Å². The molecule has 0 bridgehead atoms. The highest BCUT2D eigenvalue weighted by Crippen LogP contribution is 2.36. The Kier molecular flexibility index (Phi) is 10.9. The molecule has 2 heterocycles. The zero-order chi connectivity index (χ0) is 37.9. The van der Waals surface area contributed by atoms with Crippen molar-refractivity contribution in [1.29, 1.82) is 0 Å². The number of nitrogens with zero attached hydrogens (tertiary/aromatic N) is 2. The first-order valence-electron chi connectivity index (χ1n) is 19.5. The molecule has 0 saturated heterocycles. The van der Waals surface area contributed by atoms with E-state index in [9.17, 15) is 9.59 Å². The number of aryl methyl sites for hydroxylation is 5. The number of aromatic nitrogens is 1. The molecule has 0 amide bonds. The molecular weight excluding hydrogens is 661 g/mol. The molecule has 1 aliphatic heterocycles. The minimum Gasteiger partial charge on any atom is -0.350 e. The van der Waals surface area contributed by atoms with Gasteiger partial charge in [-0.25, -0.2) is 4.57 Å². The number of hydrogen-bond acceptors (Lipinski definition) is 3. The molecule has 0 spiro atoms. The molecule has 274 valence electrons. The minimum absolute atomic E-state index is 0.0740. The van der Waals surface area contributed by atoms with Crippen molar-refractivity contribution in [3.8, 4) is 0 Å². The quantitative estimate of drug-likeness (QED) is 0.150. The lowest BCUT2D eigenvalue weighted by atomic mass is 9.86. The second-order valence-corrected chi connectivity index (χ2v) is 15.9. The van der Waals surface area contributed by atoms with Crippen LogP contribution in [0.15, 0.2) is 127 Å². The van der Waals surface area contributed by atoms with Crippen LogP contribution >= 0.6 is 0 Å². The van der Waals surface area contributed by atoms with Gasteiger partial charge in [0.25, 0.3) is 0 Å². The molecule has 4 nitrogen and oxygen atoms in total. The van der Waals surface area contributed by atoms with Crippen molar-refractivity contribution in [3.05, 3.63) is 194 Å². The van der Waals surface area contributed by atoms with Gasteiger partial charge in [0.1, 0.15) is 0 Å². The van der Waals surface area contributed by atoms with Crippen LogP contribution in [-0.2, 0) is 32.4 Å². The summed E-state index contributed by atoms with van der Waals surface area (Å²) in [7, 11) is 0. The third-order valence-corrected chi connectivity index (χ3v) is 11.9. The van der Waals surface area contributed by atoms with Gasteiger partial charge in [0.05, 0.1) is 0 Å². The zero-order valence-electron chi connectivity index (χ0n) is 32.7. The lowest BCUT2D eigenvalue weighted by molar-refractivity contribution is -0.688. The van der Waals surface area contributed by atoms with Gasteiger partial charge < -0.3 is 4.90 Å². The average Bonchev–Trinajstić information content (AvgIpc) is 3.61. The molecule has 3 aliphatic rings. The molecule has 0 N–H and O–H groups in total. The van der Waals surface area contributed by atoms with Crippen molar-refractivity contribution in [2.24, 2.45) is 17.8 Å². The fourth-order valence-corrected chi connectivity index (χ4v) is 8.37. The van der Waals surface area contributed by atoms with Gasteiger partial charge in [-0.15, -0.1) is 0 Å². The smallest absolute Gasteiger partial charge is 0.173 e. The summed E-state index contributed by atoms with van der Waals surface area (Å²) in [6.07, 6.45) is 14.5. The van der Waals surface area contributed by atoms with E-state index >= 15 is 0 Å². The van der Waals surface area contributed by atoms with Crippen LogP contribution < -0.4 is 4.57 Å². The highest BCUT2D eigenvalue weighted by molar-refractivity contribution is 6.03. The largest absolute Gasteiger partial charge is 0.350 e. The first kappa shape index (κ1) is 37.0. The van der Waals surface area contributed by atoms with E-state index in [1.807, 2.05) is 12.1 Å². The predicted molar refractivity (Wildman–Crippen MR) is 218 cm³/mol. The van der Waals surface area contributed by atoms with Gasteiger partial charge in [-0.1, -0.05) is 84.4 Å². The van der Waals surface area contributed by atoms with E-state index in [2.05, 4.69) is 161 Å². The second kappa shape index (κ2) is 15.9. The summed E-state index contributed by atoms with van der Waals surface area (Å²) in [4.78, 5) is 28.0. The monoisotopic (exact) mass is 713 g/mol. The molecule has 8 rings (SSSR count). The molecule has 2 aliphatic carbocycles. The van der Waals surface area contributed by atoms with Gasteiger partial charge in [0.2, 0.25) is 0 Å². The maximum atomic E-state index is 12.9. The Bertz CT molecular complexity index is 2250. The Morgan fingerprint density at radius 2 is 1.20 bits per heavy atom. The molecule has 1 aromatic heterocycles. The van der Waals surface area contributed by atoms with Gasteiger partial charge in [-0.05, 0) is 124 Å². The van der Waals surface area contributed by atoms with Crippen molar-refractivity contribution in [2.75, 3.05) is 0 Å². The summed E-state index contributed by atoms with van der Waals surface area (Å²) < 4.78 is 2.21. The van der Waals surface area contributed by atoms with Crippen LogP contribution in [0.4, 0.5) is 0 Å². The summed E-state index contributed by atoms with van der Waals surface area (Å²) >= 11 is 0. The van der Waals surface area contributed by atoms with E-state index in [1.54, 1.807) is 0 Å². The maximum absolute atomic E-state index is 12.9. The van der Waals surface area contributed by atoms with E-state index in [4.69, 9.17) is 0 Å². The number of carbonyl (C=O) groups is 2. The Morgan fingerprint density at radius 3 is 1.80 bits per heavy atom. The summed E-state index contributed by atoms with van der Waals surface area (Å²) in [5.74, 6) is 1.18. The molecule has 0 saturated carbocycles. The number of hydrogen-bond donors (Lipinski definition) is 0. The standard InChI is InChI=1S/C25H27NO.C25H26NO/c2*1-17-11-22-14-23(25(27)24(22)12-18(17)2)13-21-9-10-26(15-19(21)3)16-20-7-5-4-6-8-20/h4-12,15,21,23H,13-14,16H2,1-3H3;4-12,15,23H,13-14,16H2,1-3H3/q;+1. The normalized spacial score (nSPS) is 18.6. The van der Waals surface area contributed by atoms with Crippen molar-refractivity contribution in [2.45, 2.75) is 80.3 Å². The van der Waals surface area contributed by atoms with Crippen LogP contribution in [0.25, 0.3) is 0 Å². The third-order valence-electron chi connectivity index (χ3n) is 11.9. The lowest BCUT2D eigenvalue weighted by Crippen LogP contribution is -2.34. The summed E-state index contributed by atoms with van der Waals surface area (Å²) in [6.45, 7) is 14.5. The SMILES string of the molecule is CC1=CN(Cc2ccccc2)C=CC1CC1Cc2cc(C)c(C)cc2C1=O.Cc1cc2c(cc1C)C(=O)C(Cc1cc[n+](Cc3ccccc3)cc1C)C2. The highest BCUT2D eigenvalue weighted by Gasteiger charge is 2.33. The van der Waals surface area contributed by atoms with Gasteiger partial charge in [-0.3, -0.25) is 9.59 Å². The first-order valence-corrected chi connectivity index (χ1v) is 19.5. The number of rotatable bonds is 8. The highest BCUT2D eigenvalue weighted by atomic mass is 16.1. The van der Waals surface area contributed by atoms with Crippen LogP contribution in [0.2, 0.25) is 0 Å². The Labute approximate surface area is 321 Å². The van der Waals surface area contributed by atoms with Crippen LogP contribution in [0.1, 0.15) is 89.7 Å². The maximum Gasteiger partial charge on any atom is 0.173 e. The van der Waals surface area contributed by atoms with Crippen LogP contribution in [0.5, 0.6) is 0 Å². The van der Waals surface area contributed by atoms with Crippen LogP contribution in [0, 0.1) is 52.4 Å². The summed E-state index contributed by atoms with van der Waals surface area (Å²) in [6, 6.07) is 31.8. The van der Waals surface area contributed by atoms with E-state index < -0.39 is 0 Å². The van der Waals surface area contributed by atoms with Crippen molar-refractivity contribution in [3.63, 3.8) is 0 Å². The number of pyridine rings is 1. The molecule has 54 heavy (non-hydrogen) atoms. The number of carbonyl (C=O) groups excluding carboxylic acids is 2. The molecule has 4 aromatic carbocycles. The van der Waals surface area contributed by atoms with Crippen molar-refractivity contribution >= 4 is 11.6 Å². The Hall–Kier alpha value is -5.35. The van der Waals surface area contributed by atoms with Gasteiger partial charge >= 0.3 is 0 Å². The minimum atomic E-state index is 0.0740. The van der Waals surface area contributed by atoms with Crippen LogP contribution in [-0.4, -0.2) is 16.5 Å². The molecule has 4 heteroatoms. The fourth-order valence-electron chi connectivity index (χ4n) is 8.37. The number of fused-ring (bicyclic) bond motifs is 2. The molecule has 3 unspecified atom stereocenters. The number of ketones is 2. The Balaban J connectivity index is 0.000000167. The Morgan fingerprint density at radius 1 is 0.648 bits per heavy atom. The van der Waals surface area contributed by atoms with Gasteiger partial charge in [0, 0.05) is 65.0 Å². The van der Waals surface area contributed by atoms with Crippen molar-refractivity contribution < 1.29 is 14.2 Å². The van der Waals surface area contributed by atoms with E-state index in [1.165, 1.54) is 61.2 Å². The molecule has 5 aromatic rings. The van der Waals surface area contributed by atoms with Gasteiger partial charge in [-0.2, -0.15) is 0 Å². The second-order valence-electron chi connectivity index (χ2n) is 15.9. The van der Waals surface area contributed by atoms with Crippen molar-refractivity contribution in [1.82, 2.24) is 4.90 Å². The average molecular weight is 714 g/mol. The molecular formula is C50H53N2O2+. The summed E-state index contributed by atoms with van der Waals surface area (Å²) in [5, 5.41) is 0. The number of benzene rings is 4. The number of Topliss-reactive ketones (excluding diaryl/α,β-unsaturated/α-hetero) is 2. The summed E-state index contributed by atoms with van der Waals surface area (Å²) in [5.41, 5.74) is 15.8. The fraction of sp³-hybridized carbons (Fsp3) is 0.300. The lowest BCUT2D eigenvalue weighted by Gasteiger charge is -2.27. The molecule has 0 radical (unpaired) electrons. The van der Waals surface area contributed by atoms with Gasteiger partial charge in [0.15, 0.2) is 30.5 Å². The van der Waals surface area contributed by atoms with E-state index in [-0.39, 0.29) is 11.8 Å². The van der Waals surface area contributed by atoms with E-state index in [0.29, 0.717) is 17.5 Å². The number of allylic oxidation sites excluding steroid dienone is 2. The zero-order valence-corrected chi connectivity index (χ0v) is 32.7. The third kappa shape index (κ3) is 8.24. The molecule has 0 fully saturated rings. The van der Waals surface area contributed by atoms with E-state index in [0.717, 1.165) is 49.9 Å². The van der Waals surface area contributed by atoms with Crippen LogP contribution in [0.3, 0.4) is 0 Å².